The van der Waals surface area contributed by atoms with Gasteiger partial charge in [-0.2, -0.15) is 0 Å². The van der Waals surface area contributed by atoms with E-state index in [4.69, 9.17) is 0 Å². The van der Waals surface area contributed by atoms with Gasteiger partial charge >= 0.3 is 0 Å². The van der Waals surface area contributed by atoms with Gasteiger partial charge in [0, 0.05) is 6.04 Å². The van der Waals surface area contributed by atoms with Crippen molar-refractivity contribution in [3.05, 3.63) is 34.6 Å². The summed E-state index contributed by atoms with van der Waals surface area (Å²) in [4.78, 5) is 0. The molecule has 0 heterocycles. The van der Waals surface area contributed by atoms with Crippen molar-refractivity contribution in [1.29, 1.82) is 0 Å². The standard InChI is InChI=1S/C17H28FN/c1-6-8-12(3)17(19-9-7-2)15-10-13(4)16(18)14(5)11-15/h10-12,17,19H,6-9H2,1-5H3. The van der Waals surface area contributed by atoms with Crippen LogP contribution in [0.4, 0.5) is 4.39 Å². The number of aryl methyl sites for hydroxylation is 2. The molecule has 1 aromatic rings. The minimum Gasteiger partial charge on any atom is -0.310 e. The molecule has 19 heavy (non-hydrogen) atoms. The van der Waals surface area contributed by atoms with Crippen LogP contribution in [0, 0.1) is 25.6 Å². The number of hydrogen-bond donors (Lipinski definition) is 1. The monoisotopic (exact) mass is 265 g/mol. The van der Waals surface area contributed by atoms with E-state index in [1.807, 2.05) is 26.0 Å². The van der Waals surface area contributed by atoms with Crippen LogP contribution in [0.15, 0.2) is 12.1 Å². The van der Waals surface area contributed by atoms with Crippen molar-refractivity contribution in [2.45, 2.75) is 59.9 Å². The smallest absolute Gasteiger partial charge is 0.129 e. The molecule has 0 aromatic heterocycles. The lowest BCUT2D eigenvalue weighted by Gasteiger charge is -2.26. The number of benzene rings is 1. The number of nitrogens with one attached hydrogen (secondary N) is 1. The predicted molar refractivity (Wildman–Crippen MR) is 81.0 cm³/mol. The highest BCUT2D eigenvalue weighted by Crippen LogP contribution is 2.28. The molecule has 1 aromatic carbocycles. The van der Waals surface area contributed by atoms with Gasteiger partial charge in [0.05, 0.1) is 0 Å². The Morgan fingerprint density at radius 2 is 1.68 bits per heavy atom. The molecule has 0 aliphatic heterocycles. The van der Waals surface area contributed by atoms with E-state index in [1.165, 1.54) is 18.4 Å². The second kappa shape index (κ2) is 7.64. The average Bonchev–Trinajstić information content (AvgIpc) is 2.36. The molecule has 0 aliphatic rings. The van der Waals surface area contributed by atoms with E-state index in [-0.39, 0.29) is 5.82 Å². The lowest BCUT2D eigenvalue weighted by molar-refractivity contribution is 0.362. The van der Waals surface area contributed by atoms with Crippen LogP contribution < -0.4 is 5.32 Å². The maximum atomic E-state index is 13.8. The summed E-state index contributed by atoms with van der Waals surface area (Å²) >= 11 is 0. The molecular weight excluding hydrogens is 237 g/mol. The molecule has 2 heteroatoms. The fraction of sp³-hybridized carbons (Fsp3) is 0.647. The number of hydrogen-bond acceptors (Lipinski definition) is 1. The van der Waals surface area contributed by atoms with Crippen molar-refractivity contribution in [3.8, 4) is 0 Å². The summed E-state index contributed by atoms with van der Waals surface area (Å²) in [6, 6.07) is 4.33. The third-order valence-electron chi connectivity index (χ3n) is 3.75. The molecule has 0 amide bonds. The first kappa shape index (κ1) is 16.2. The summed E-state index contributed by atoms with van der Waals surface area (Å²) in [5, 5.41) is 3.62. The second-order valence-electron chi connectivity index (χ2n) is 5.67. The summed E-state index contributed by atoms with van der Waals surface area (Å²) in [5.41, 5.74) is 2.73. The maximum absolute atomic E-state index is 13.8. The molecule has 0 spiro atoms. The van der Waals surface area contributed by atoms with Crippen molar-refractivity contribution in [2.24, 2.45) is 5.92 Å². The SMILES string of the molecule is CCCNC(c1cc(C)c(F)c(C)c1)C(C)CCC. The Hall–Kier alpha value is -0.890. The predicted octanol–water partition coefficient (Wildman–Crippen LogP) is 4.92. The number of rotatable bonds is 7. The molecule has 2 atom stereocenters. The first-order valence-electron chi connectivity index (χ1n) is 7.51. The molecule has 0 aliphatic carbocycles. The van der Waals surface area contributed by atoms with Crippen molar-refractivity contribution in [3.63, 3.8) is 0 Å². The quantitative estimate of drug-likeness (QED) is 0.738. The molecule has 0 bridgehead atoms. The fourth-order valence-electron chi connectivity index (χ4n) is 2.73. The van der Waals surface area contributed by atoms with E-state index >= 15 is 0 Å². The zero-order valence-corrected chi connectivity index (χ0v) is 13.0. The molecule has 1 nitrogen and oxygen atoms in total. The summed E-state index contributed by atoms with van der Waals surface area (Å²) in [5.74, 6) is 0.502. The van der Waals surface area contributed by atoms with Gasteiger partial charge in [-0.15, -0.1) is 0 Å². The van der Waals surface area contributed by atoms with E-state index in [0.29, 0.717) is 12.0 Å². The topological polar surface area (TPSA) is 12.0 Å². The third kappa shape index (κ3) is 4.31. The van der Waals surface area contributed by atoms with Gasteiger partial charge in [0.2, 0.25) is 0 Å². The Balaban J connectivity index is 3.02. The first-order chi connectivity index (χ1) is 9.01. The lowest BCUT2D eigenvalue weighted by atomic mass is 9.89. The zero-order chi connectivity index (χ0) is 14.4. The molecule has 108 valence electrons. The summed E-state index contributed by atoms with van der Waals surface area (Å²) in [6.45, 7) is 11.4. The van der Waals surface area contributed by atoms with E-state index in [0.717, 1.165) is 24.1 Å². The van der Waals surface area contributed by atoms with Crippen LogP contribution >= 0.6 is 0 Å². The normalized spacial score (nSPS) is 14.4. The van der Waals surface area contributed by atoms with Crippen LogP contribution in [0.5, 0.6) is 0 Å². The fourth-order valence-corrected chi connectivity index (χ4v) is 2.73. The minimum absolute atomic E-state index is 0.0684. The van der Waals surface area contributed by atoms with Crippen molar-refractivity contribution in [2.75, 3.05) is 6.54 Å². The molecular formula is C17H28FN. The van der Waals surface area contributed by atoms with E-state index in [9.17, 15) is 4.39 Å². The van der Waals surface area contributed by atoms with Crippen LogP contribution in [0.3, 0.4) is 0 Å². The highest BCUT2D eigenvalue weighted by Gasteiger charge is 2.19. The van der Waals surface area contributed by atoms with Gasteiger partial charge in [-0.3, -0.25) is 0 Å². The summed E-state index contributed by atoms with van der Waals surface area (Å²) in [7, 11) is 0. The van der Waals surface area contributed by atoms with Gasteiger partial charge in [0.15, 0.2) is 0 Å². The van der Waals surface area contributed by atoms with Crippen molar-refractivity contribution in [1.82, 2.24) is 5.32 Å². The van der Waals surface area contributed by atoms with Gasteiger partial charge < -0.3 is 5.32 Å². The van der Waals surface area contributed by atoms with E-state index in [1.54, 1.807) is 0 Å². The molecule has 2 unspecified atom stereocenters. The highest BCUT2D eigenvalue weighted by atomic mass is 19.1. The van der Waals surface area contributed by atoms with Gasteiger partial charge in [0.25, 0.3) is 0 Å². The van der Waals surface area contributed by atoms with Crippen LogP contribution in [-0.4, -0.2) is 6.54 Å². The molecule has 0 saturated heterocycles. The van der Waals surface area contributed by atoms with Gasteiger partial charge in [-0.1, -0.05) is 39.3 Å². The Labute approximate surface area is 117 Å². The van der Waals surface area contributed by atoms with Crippen LogP contribution in [0.1, 0.15) is 62.8 Å². The maximum Gasteiger partial charge on any atom is 0.129 e. The minimum atomic E-state index is -0.0684. The van der Waals surface area contributed by atoms with Gasteiger partial charge in [-0.25, -0.2) is 4.39 Å². The Bertz CT molecular complexity index is 377. The van der Waals surface area contributed by atoms with E-state index < -0.39 is 0 Å². The van der Waals surface area contributed by atoms with Gasteiger partial charge in [0.1, 0.15) is 5.82 Å². The molecule has 0 radical (unpaired) electrons. The van der Waals surface area contributed by atoms with Gasteiger partial charge in [-0.05, 0) is 55.8 Å². The number of halogens is 1. The molecule has 1 rings (SSSR count). The van der Waals surface area contributed by atoms with Crippen molar-refractivity contribution < 1.29 is 4.39 Å². The molecule has 1 N–H and O–H groups in total. The largest absolute Gasteiger partial charge is 0.310 e. The zero-order valence-electron chi connectivity index (χ0n) is 13.0. The second-order valence-corrected chi connectivity index (χ2v) is 5.67. The summed E-state index contributed by atoms with van der Waals surface area (Å²) in [6.07, 6.45) is 3.50. The van der Waals surface area contributed by atoms with Crippen LogP contribution in [0.25, 0.3) is 0 Å². The summed E-state index contributed by atoms with van der Waals surface area (Å²) < 4.78 is 13.8. The Kier molecular flexibility index (Phi) is 6.50. The molecule has 0 fully saturated rings. The molecule has 0 saturated carbocycles. The highest BCUT2D eigenvalue weighted by molar-refractivity contribution is 5.32. The lowest BCUT2D eigenvalue weighted by Crippen LogP contribution is -2.28. The van der Waals surface area contributed by atoms with Crippen LogP contribution in [-0.2, 0) is 0 Å². The first-order valence-corrected chi connectivity index (χ1v) is 7.51. The van der Waals surface area contributed by atoms with E-state index in [2.05, 4.69) is 26.1 Å². The Morgan fingerprint density at radius 3 is 2.16 bits per heavy atom. The average molecular weight is 265 g/mol. The van der Waals surface area contributed by atoms with Crippen LogP contribution in [0.2, 0.25) is 0 Å². The Morgan fingerprint density at radius 1 is 1.11 bits per heavy atom. The third-order valence-corrected chi connectivity index (χ3v) is 3.75. The van der Waals surface area contributed by atoms with Crippen molar-refractivity contribution >= 4 is 0 Å².